The van der Waals surface area contributed by atoms with Gasteiger partial charge < -0.3 is 11.1 Å². The van der Waals surface area contributed by atoms with Crippen LogP contribution in [0, 0.1) is 17.6 Å². The maximum atomic E-state index is 13.0. The molecule has 0 saturated carbocycles. The molecule has 1 atom stereocenters. The molecule has 0 spiro atoms. The Bertz CT molecular complexity index is 490. The molecule has 3 N–H and O–H groups in total. The van der Waals surface area contributed by atoms with Crippen LogP contribution in [-0.4, -0.2) is 17.9 Å². The zero-order valence-electron chi connectivity index (χ0n) is 10.7. The van der Waals surface area contributed by atoms with E-state index >= 15 is 0 Å². The molecular formula is C13H16F2N2O2. The van der Waals surface area contributed by atoms with Crippen molar-refractivity contribution in [2.75, 3.05) is 0 Å². The molecule has 0 saturated heterocycles. The molecule has 0 unspecified atom stereocenters. The molecule has 104 valence electrons. The van der Waals surface area contributed by atoms with Crippen LogP contribution in [0.5, 0.6) is 0 Å². The normalized spacial score (nSPS) is 12.3. The maximum Gasteiger partial charge on any atom is 0.240 e. The summed E-state index contributed by atoms with van der Waals surface area (Å²) in [5.74, 6) is -3.23. The van der Waals surface area contributed by atoms with Gasteiger partial charge in [-0.2, -0.15) is 0 Å². The van der Waals surface area contributed by atoms with Crippen molar-refractivity contribution in [2.24, 2.45) is 11.7 Å². The number of benzene rings is 1. The van der Waals surface area contributed by atoms with Crippen LogP contribution in [0.1, 0.15) is 19.4 Å². The number of amides is 2. The van der Waals surface area contributed by atoms with Gasteiger partial charge in [0.05, 0.1) is 6.42 Å². The summed E-state index contributed by atoms with van der Waals surface area (Å²) in [7, 11) is 0. The summed E-state index contributed by atoms with van der Waals surface area (Å²) in [4.78, 5) is 22.8. The Labute approximate surface area is 110 Å². The van der Waals surface area contributed by atoms with E-state index < -0.39 is 29.5 Å². The molecule has 1 rings (SSSR count). The van der Waals surface area contributed by atoms with Crippen LogP contribution >= 0.6 is 0 Å². The van der Waals surface area contributed by atoms with E-state index in [4.69, 9.17) is 5.73 Å². The maximum absolute atomic E-state index is 13.0. The van der Waals surface area contributed by atoms with Gasteiger partial charge in [-0.3, -0.25) is 9.59 Å². The molecule has 2 amide bonds. The van der Waals surface area contributed by atoms with E-state index in [2.05, 4.69) is 5.32 Å². The first-order valence-electron chi connectivity index (χ1n) is 5.84. The van der Waals surface area contributed by atoms with Crippen molar-refractivity contribution in [3.8, 4) is 0 Å². The Morgan fingerprint density at radius 3 is 2.37 bits per heavy atom. The number of nitrogens with one attached hydrogen (secondary N) is 1. The molecule has 0 aliphatic carbocycles. The average Bonchev–Trinajstić information content (AvgIpc) is 2.30. The summed E-state index contributed by atoms with van der Waals surface area (Å²) < 4.78 is 25.7. The summed E-state index contributed by atoms with van der Waals surface area (Å²) in [5, 5.41) is 2.47. The van der Waals surface area contributed by atoms with E-state index in [0.717, 1.165) is 12.1 Å². The van der Waals surface area contributed by atoms with Crippen molar-refractivity contribution in [1.29, 1.82) is 0 Å². The van der Waals surface area contributed by atoms with Crippen LogP contribution < -0.4 is 11.1 Å². The van der Waals surface area contributed by atoms with Crippen LogP contribution in [0.2, 0.25) is 0 Å². The summed E-state index contributed by atoms with van der Waals surface area (Å²) in [6, 6.07) is 2.43. The van der Waals surface area contributed by atoms with Crippen molar-refractivity contribution in [3.05, 3.63) is 35.4 Å². The minimum atomic E-state index is -1.01. The Kier molecular flexibility index (Phi) is 4.97. The van der Waals surface area contributed by atoms with Crippen molar-refractivity contribution in [2.45, 2.75) is 26.3 Å². The molecular weight excluding hydrogens is 254 g/mol. The van der Waals surface area contributed by atoms with Crippen LogP contribution in [0.4, 0.5) is 8.78 Å². The van der Waals surface area contributed by atoms with Gasteiger partial charge in [-0.25, -0.2) is 8.78 Å². The molecule has 1 aromatic rings. The second kappa shape index (κ2) is 6.26. The highest BCUT2D eigenvalue weighted by Crippen LogP contribution is 2.09. The fraction of sp³-hybridized carbons (Fsp3) is 0.385. The first-order valence-corrected chi connectivity index (χ1v) is 5.84. The van der Waals surface area contributed by atoms with Gasteiger partial charge >= 0.3 is 0 Å². The molecule has 0 heterocycles. The summed E-state index contributed by atoms with van der Waals surface area (Å²) in [5.41, 5.74) is 5.48. The molecule has 0 bridgehead atoms. The van der Waals surface area contributed by atoms with Crippen LogP contribution in [0.25, 0.3) is 0 Å². The molecule has 0 aliphatic heterocycles. The molecule has 0 fully saturated rings. The fourth-order valence-corrected chi connectivity index (χ4v) is 1.63. The highest BCUT2D eigenvalue weighted by Gasteiger charge is 2.21. The number of nitrogens with two attached hydrogens (primary N) is 1. The predicted molar refractivity (Wildman–Crippen MR) is 66.0 cm³/mol. The third-order valence-corrected chi connectivity index (χ3v) is 2.64. The minimum Gasteiger partial charge on any atom is -0.368 e. The SMILES string of the molecule is CC(C)[C@H](NC(=O)Cc1ccc(F)c(F)c1)C(N)=O. The number of halogens is 2. The van der Waals surface area contributed by atoms with Gasteiger partial charge in [0.1, 0.15) is 6.04 Å². The van der Waals surface area contributed by atoms with E-state index in [-0.39, 0.29) is 12.3 Å². The van der Waals surface area contributed by atoms with Gasteiger partial charge in [-0.1, -0.05) is 19.9 Å². The second-order valence-electron chi connectivity index (χ2n) is 4.62. The van der Waals surface area contributed by atoms with Gasteiger partial charge in [0.25, 0.3) is 0 Å². The van der Waals surface area contributed by atoms with E-state index in [0.29, 0.717) is 5.56 Å². The van der Waals surface area contributed by atoms with Gasteiger partial charge in [0.15, 0.2) is 11.6 Å². The zero-order chi connectivity index (χ0) is 14.6. The number of carbonyl (C=O) groups is 2. The summed E-state index contributed by atoms with van der Waals surface area (Å²) >= 11 is 0. The second-order valence-corrected chi connectivity index (χ2v) is 4.62. The van der Waals surface area contributed by atoms with Crippen LogP contribution in [-0.2, 0) is 16.0 Å². The molecule has 0 aliphatic rings. The molecule has 19 heavy (non-hydrogen) atoms. The van der Waals surface area contributed by atoms with E-state index in [9.17, 15) is 18.4 Å². The van der Waals surface area contributed by atoms with Crippen LogP contribution in [0.3, 0.4) is 0 Å². The van der Waals surface area contributed by atoms with Crippen LogP contribution in [0.15, 0.2) is 18.2 Å². The number of hydrogen-bond acceptors (Lipinski definition) is 2. The van der Waals surface area contributed by atoms with Gasteiger partial charge in [0, 0.05) is 0 Å². The van der Waals surface area contributed by atoms with E-state index in [1.54, 1.807) is 13.8 Å². The topological polar surface area (TPSA) is 72.2 Å². The minimum absolute atomic E-state index is 0.145. The van der Waals surface area contributed by atoms with Gasteiger partial charge in [-0.05, 0) is 23.6 Å². The lowest BCUT2D eigenvalue weighted by Crippen LogP contribution is -2.48. The first kappa shape index (κ1) is 15.1. The Morgan fingerprint density at radius 2 is 1.89 bits per heavy atom. The lowest BCUT2D eigenvalue weighted by Gasteiger charge is -2.18. The Balaban J connectivity index is 2.69. The monoisotopic (exact) mass is 270 g/mol. The van der Waals surface area contributed by atoms with E-state index in [1.165, 1.54) is 6.07 Å². The van der Waals surface area contributed by atoms with Crippen molar-refractivity contribution in [3.63, 3.8) is 0 Å². The van der Waals surface area contributed by atoms with E-state index in [1.807, 2.05) is 0 Å². The smallest absolute Gasteiger partial charge is 0.240 e. The Morgan fingerprint density at radius 1 is 1.26 bits per heavy atom. The summed E-state index contributed by atoms with van der Waals surface area (Å²) in [6.45, 7) is 3.49. The molecule has 0 radical (unpaired) electrons. The van der Waals surface area contributed by atoms with Gasteiger partial charge in [-0.15, -0.1) is 0 Å². The summed E-state index contributed by atoms with van der Waals surface area (Å²) in [6.07, 6.45) is -0.145. The molecule has 4 nitrogen and oxygen atoms in total. The first-order chi connectivity index (χ1) is 8.81. The van der Waals surface area contributed by atoms with Crippen molar-refractivity contribution >= 4 is 11.8 Å². The quantitative estimate of drug-likeness (QED) is 0.842. The van der Waals surface area contributed by atoms with Crippen molar-refractivity contribution in [1.82, 2.24) is 5.32 Å². The number of primary amides is 1. The average molecular weight is 270 g/mol. The largest absolute Gasteiger partial charge is 0.368 e. The predicted octanol–water partition coefficient (Wildman–Crippen LogP) is 1.13. The highest BCUT2D eigenvalue weighted by atomic mass is 19.2. The molecule has 6 heteroatoms. The van der Waals surface area contributed by atoms with Crippen molar-refractivity contribution < 1.29 is 18.4 Å². The zero-order valence-corrected chi connectivity index (χ0v) is 10.7. The highest BCUT2D eigenvalue weighted by molar-refractivity contribution is 5.87. The van der Waals surface area contributed by atoms with Gasteiger partial charge in [0.2, 0.25) is 11.8 Å². The Hall–Kier alpha value is -1.98. The third kappa shape index (κ3) is 4.31. The molecule has 1 aromatic carbocycles. The lowest BCUT2D eigenvalue weighted by molar-refractivity contribution is -0.127. The fourth-order valence-electron chi connectivity index (χ4n) is 1.63. The third-order valence-electron chi connectivity index (χ3n) is 2.64. The standard InChI is InChI=1S/C13H16F2N2O2/c1-7(2)12(13(16)19)17-11(18)6-8-3-4-9(14)10(15)5-8/h3-5,7,12H,6H2,1-2H3,(H2,16,19)(H,17,18)/t12-/m0/s1. The molecule has 0 aromatic heterocycles. The number of hydrogen-bond donors (Lipinski definition) is 2. The number of rotatable bonds is 5. The lowest BCUT2D eigenvalue weighted by atomic mass is 10.0. The number of carbonyl (C=O) groups excluding carboxylic acids is 2.